The van der Waals surface area contributed by atoms with E-state index < -0.39 is 5.54 Å². The van der Waals surface area contributed by atoms with Crippen LogP contribution in [0.3, 0.4) is 0 Å². The summed E-state index contributed by atoms with van der Waals surface area (Å²) >= 11 is 12.1. The third kappa shape index (κ3) is 2.13. The first-order chi connectivity index (χ1) is 7.13. The zero-order valence-electron chi connectivity index (χ0n) is 8.30. The van der Waals surface area contributed by atoms with Crippen LogP contribution in [0.1, 0.15) is 18.4 Å². The minimum absolute atomic E-state index is 0.486. The number of halogens is 2. The van der Waals surface area contributed by atoms with Gasteiger partial charge in [0.2, 0.25) is 0 Å². The Bertz CT molecular complexity index is 362. The molecule has 1 heterocycles. The van der Waals surface area contributed by atoms with E-state index in [4.69, 9.17) is 33.7 Å². The molecule has 82 valence electrons. The molecule has 1 aromatic carbocycles. The van der Waals surface area contributed by atoms with Crippen molar-refractivity contribution in [1.82, 2.24) is 0 Å². The third-order valence-electron chi connectivity index (χ3n) is 2.76. The van der Waals surface area contributed by atoms with E-state index in [1.54, 1.807) is 6.07 Å². The molecule has 0 amide bonds. The van der Waals surface area contributed by atoms with Crippen molar-refractivity contribution < 1.29 is 4.74 Å². The molecule has 1 fully saturated rings. The zero-order valence-corrected chi connectivity index (χ0v) is 9.81. The highest BCUT2D eigenvalue weighted by atomic mass is 35.5. The van der Waals surface area contributed by atoms with Crippen LogP contribution in [0.2, 0.25) is 10.0 Å². The molecule has 0 spiro atoms. The Hall–Kier alpha value is -0.280. The smallest absolute Gasteiger partial charge is 0.0688 e. The van der Waals surface area contributed by atoms with Crippen molar-refractivity contribution >= 4 is 23.2 Å². The van der Waals surface area contributed by atoms with Crippen LogP contribution < -0.4 is 5.73 Å². The van der Waals surface area contributed by atoms with Crippen LogP contribution >= 0.6 is 23.2 Å². The van der Waals surface area contributed by atoms with Crippen molar-refractivity contribution in [2.75, 3.05) is 13.2 Å². The van der Waals surface area contributed by atoms with E-state index in [-0.39, 0.29) is 0 Å². The van der Waals surface area contributed by atoms with Gasteiger partial charge in [-0.2, -0.15) is 0 Å². The number of hydrogen-bond donors (Lipinski definition) is 1. The maximum Gasteiger partial charge on any atom is 0.0688 e. The number of hydrogen-bond acceptors (Lipinski definition) is 2. The molecule has 1 aliphatic heterocycles. The van der Waals surface area contributed by atoms with Crippen molar-refractivity contribution in [1.29, 1.82) is 0 Å². The largest absolute Gasteiger partial charge is 0.379 e. The van der Waals surface area contributed by atoms with Gasteiger partial charge < -0.3 is 10.5 Å². The van der Waals surface area contributed by atoms with Gasteiger partial charge in [0.1, 0.15) is 0 Å². The van der Waals surface area contributed by atoms with Crippen LogP contribution in [-0.4, -0.2) is 13.2 Å². The summed E-state index contributed by atoms with van der Waals surface area (Å²) in [5.74, 6) is 0. The summed E-state index contributed by atoms with van der Waals surface area (Å²) in [6, 6.07) is 5.55. The third-order valence-corrected chi connectivity index (χ3v) is 3.58. The molecule has 2 N–H and O–H groups in total. The summed E-state index contributed by atoms with van der Waals surface area (Å²) in [5, 5.41) is 1.09. The fraction of sp³-hybridized carbons (Fsp3) is 0.455. The second-order valence-corrected chi connectivity index (χ2v) is 4.70. The van der Waals surface area contributed by atoms with Gasteiger partial charge in [-0.3, -0.25) is 0 Å². The molecule has 1 aliphatic rings. The first-order valence-electron chi connectivity index (χ1n) is 4.95. The predicted octanol–water partition coefficient (Wildman–Crippen LogP) is 2.96. The second kappa shape index (κ2) is 4.30. The highest BCUT2D eigenvalue weighted by Crippen LogP contribution is 2.36. The van der Waals surface area contributed by atoms with Crippen molar-refractivity contribution in [3.05, 3.63) is 33.8 Å². The molecule has 0 aliphatic carbocycles. The fourth-order valence-electron chi connectivity index (χ4n) is 1.92. The standard InChI is InChI=1S/C11H13Cl2NO/c12-9-4-1-3-8(10(9)13)11(14)5-2-6-15-7-11/h1,3-4H,2,5-7,14H2. The second-order valence-electron chi connectivity index (χ2n) is 3.91. The summed E-state index contributed by atoms with van der Waals surface area (Å²) in [6.45, 7) is 1.28. The molecule has 0 radical (unpaired) electrons. The molecular weight excluding hydrogens is 233 g/mol. The molecule has 1 saturated heterocycles. The Morgan fingerprint density at radius 1 is 1.33 bits per heavy atom. The Kier molecular flexibility index (Phi) is 3.21. The SMILES string of the molecule is NC1(c2cccc(Cl)c2Cl)CCCOC1. The number of nitrogens with two attached hydrogens (primary N) is 1. The van der Waals surface area contributed by atoms with E-state index >= 15 is 0 Å². The zero-order chi connectivity index (χ0) is 10.9. The average Bonchev–Trinajstić information content (AvgIpc) is 2.23. The van der Waals surface area contributed by atoms with Gasteiger partial charge in [0.05, 0.1) is 22.2 Å². The number of rotatable bonds is 1. The van der Waals surface area contributed by atoms with E-state index in [1.807, 2.05) is 12.1 Å². The maximum atomic E-state index is 6.28. The first kappa shape index (κ1) is 11.2. The van der Waals surface area contributed by atoms with Gasteiger partial charge in [-0.15, -0.1) is 0 Å². The number of ether oxygens (including phenoxy) is 1. The Morgan fingerprint density at radius 2 is 2.13 bits per heavy atom. The lowest BCUT2D eigenvalue weighted by Gasteiger charge is -2.34. The fourth-order valence-corrected chi connectivity index (χ4v) is 2.41. The summed E-state index contributed by atoms with van der Waals surface area (Å²) in [6.07, 6.45) is 1.84. The maximum absolute atomic E-state index is 6.28. The lowest BCUT2D eigenvalue weighted by molar-refractivity contribution is 0.0367. The van der Waals surface area contributed by atoms with Gasteiger partial charge in [-0.25, -0.2) is 0 Å². The highest BCUT2D eigenvalue weighted by molar-refractivity contribution is 6.42. The lowest BCUT2D eigenvalue weighted by Crippen LogP contribution is -2.44. The predicted molar refractivity (Wildman–Crippen MR) is 62.4 cm³/mol. The van der Waals surface area contributed by atoms with Crippen LogP contribution in [0.15, 0.2) is 18.2 Å². The summed E-state index contributed by atoms with van der Waals surface area (Å²) < 4.78 is 5.41. The monoisotopic (exact) mass is 245 g/mol. The van der Waals surface area contributed by atoms with Gasteiger partial charge in [0.15, 0.2) is 0 Å². The quantitative estimate of drug-likeness (QED) is 0.826. The molecule has 2 nitrogen and oxygen atoms in total. The molecule has 1 unspecified atom stereocenters. The Morgan fingerprint density at radius 3 is 2.80 bits per heavy atom. The molecule has 2 rings (SSSR count). The van der Waals surface area contributed by atoms with E-state index in [1.165, 1.54) is 0 Å². The van der Waals surface area contributed by atoms with E-state index in [0.29, 0.717) is 16.7 Å². The van der Waals surface area contributed by atoms with Gasteiger partial charge in [-0.05, 0) is 24.5 Å². The summed E-state index contributed by atoms with van der Waals surface area (Å²) in [5.41, 5.74) is 6.68. The molecule has 0 bridgehead atoms. The molecule has 4 heteroatoms. The summed E-state index contributed by atoms with van der Waals surface area (Å²) in [4.78, 5) is 0. The first-order valence-corrected chi connectivity index (χ1v) is 5.70. The van der Waals surface area contributed by atoms with Crippen molar-refractivity contribution in [2.24, 2.45) is 5.73 Å². The van der Waals surface area contributed by atoms with Gasteiger partial charge in [-0.1, -0.05) is 35.3 Å². The van der Waals surface area contributed by atoms with Crippen LogP contribution in [-0.2, 0) is 10.3 Å². The van der Waals surface area contributed by atoms with Crippen molar-refractivity contribution in [3.63, 3.8) is 0 Å². The van der Waals surface area contributed by atoms with Crippen molar-refractivity contribution in [2.45, 2.75) is 18.4 Å². The molecule has 0 saturated carbocycles. The van der Waals surface area contributed by atoms with Crippen LogP contribution in [0.4, 0.5) is 0 Å². The molecule has 1 atom stereocenters. The average molecular weight is 246 g/mol. The van der Waals surface area contributed by atoms with Crippen LogP contribution in [0, 0.1) is 0 Å². The highest BCUT2D eigenvalue weighted by Gasteiger charge is 2.32. The van der Waals surface area contributed by atoms with E-state index in [9.17, 15) is 0 Å². The molecular formula is C11H13Cl2NO. The van der Waals surface area contributed by atoms with Crippen LogP contribution in [0.25, 0.3) is 0 Å². The molecule has 15 heavy (non-hydrogen) atoms. The lowest BCUT2D eigenvalue weighted by atomic mass is 9.86. The van der Waals surface area contributed by atoms with Crippen LogP contribution in [0.5, 0.6) is 0 Å². The van der Waals surface area contributed by atoms with E-state index in [0.717, 1.165) is 25.0 Å². The van der Waals surface area contributed by atoms with E-state index in [2.05, 4.69) is 0 Å². The van der Waals surface area contributed by atoms with Gasteiger partial charge in [0.25, 0.3) is 0 Å². The van der Waals surface area contributed by atoms with Gasteiger partial charge >= 0.3 is 0 Å². The van der Waals surface area contributed by atoms with Gasteiger partial charge in [0, 0.05) is 6.61 Å². The van der Waals surface area contributed by atoms with Crippen molar-refractivity contribution in [3.8, 4) is 0 Å². The minimum Gasteiger partial charge on any atom is -0.379 e. The molecule has 1 aromatic rings. The Balaban J connectivity index is 2.39. The Labute approximate surface area is 99.3 Å². The topological polar surface area (TPSA) is 35.2 Å². The minimum atomic E-state index is -0.486. The number of benzene rings is 1. The normalized spacial score (nSPS) is 26.6. The molecule has 0 aromatic heterocycles. The summed E-state index contributed by atoms with van der Waals surface area (Å²) in [7, 11) is 0.